The first-order valence-corrected chi connectivity index (χ1v) is 16.6. The molecule has 0 aliphatic rings. The molecule has 0 aliphatic carbocycles. The summed E-state index contributed by atoms with van der Waals surface area (Å²) < 4.78 is 13.2. The molecule has 10 rings (SSSR count). The van der Waals surface area contributed by atoms with E-state index in [0.717, 1.165) is 66.5 Å². The number of nitrogens with zero attached hydrogens (tertiary/aromatic N) is 1. The van der Waals surface area contributed by atoms with Crippen LogP contribution >= 0.6 is 0 Å². The molecule has 3 heteroatoms. The topological polar surface area (TPSA) is 29.5 Å². The van der Waals surface area contributed by atoms with Gasteiger partial charge in [0.1, 0.15) is 11.2 Å². The van der Waals surface area contributed by atoms with Crippen molar-refractivity contribution in [3.8, 4) is 22.3 Å². The SMILES string of the molecule is c1ccc(-c2ccc(-c3ccc(N(c4cccc5c4oc4ccccc45)c4cccc5c4oc4ccccc45)cc3)c3ccccc23)cc1. The molecule has 8 aromatic carbocycles. The Bertz CT molecular complexity index is 2710. The molecule has 0 amide bonds. The van der Waals surface area contributed by atoms with E-state index < -0.39 is 0 Å². The molecule has 0 bridgehead atoms. The quantitative estimate of drug-likeness (QED) is 0.190. The lowest BCUT2D eigenvalue weighted by atomic mass is 9.92. The van der Waals surface area contributed by atoms with E-state index in [1.165, 1.54) is 27.5 Å². The van der Waals surface area contributed by atoms with Crippen molar-refractivity contribution >= 4 is 71.7 Å². The van der Waals surface area contributed by atoms with Gasteiger partial charge in [-0.2, -0.15) is 0 Å². The molecule has 49 heavy (non-hydrogen) atoms. The molecule has 0 aliphatic heterocycles. The van der Waals surface area contributed by atoms with Crippen LogP contribution in [0.15, 0.2) is 185 Å². The standard InChI is InChI=1S/C46H29NO2/c1-2-12-30(13-3-1)33-28-29-34(36-15-5-4-14-35(33)36)31-24-26-32(27-25-31)47(41-20-10-18-39-37-16-6-8-22-43(37)48-45(39)41)42-21-11-19-40-38-17-7-9-23-44(38)49-46(40)42/h1-29H. The smallest absolute Gasteiger partial charge is 0.159 e. The van der Waals surface area contributed by atoms with E-state index in [9.17, 15) is 0 Å². The zero-order valence-electron chi connectivity index (χ0n) is 26.5. The Labute approximate surface area is 282 Å². The summed E-state index contributed by atoms with van der Waals surface area (Å²) in [5, 5.41) is 6.83. The summed E-state index contributed by atoms with van der Waals surface area (Å²) in [7, 11) is 0. The number of benzene rings is 8. The van der Waals surface area contributed by atoms with Gasteiger partial charge in [-0.3, -0.25) is 0 Å². The van der Waals surface area contributed by atoms with Gasteiger partial charge in [-0.1, -0.05) is 140 Å². The lowest BCUT2D eigenvalue weighted by Crippen LogP contribution is -2.10. The van der Waals surface area contributed by atoms with E-state index in [1.807, 2.05) is 24.3 Å². The van der Waals surface area contributed by atoms with Crippen LogP contribution < -0.4 is 4.90 Å². The van der Waals surface area contributed by atoms with Crippen LogP contribution in [0.4, 0.5) is 17.1 Å². The fourth-order valence-electron chi connectivity index (χ4n) is 7.43. The highest BCUT2D eigenvalue weighted by Gasteiger charge is 2.23. The third kappa shape index (κ3) is 4.37. The van der Waals surface area contributed by atoms with E-state index in [1.54, 1.807) is 0 Å². The summed E-state index contributed by atoms with van der Waals surface area (Å²) >= 11 is 0. The van der Waals surface area contributed by atoms with Crippen molar-refractivity contribution in [2.24, 2.45) is 0 Å². The molecular formula is C46H29NO2. The van der Waals surface area contributed by atoms with Gasteiger partial charge in [0, 0.05) is 27.2 Å². The van der Waals surface area contributed by atoms with Crippen LogP contribution in [0.5, 0.6) is 0 Å². The Morgan fingerprint density at radius 2 is 0.735 bits per heavy atom. The molecule has 0 atom stereocenters. The van der Waals surface area contributed by atoms with E-state index >= 15 is 0 Å². The molecular weight excluding hydrogens is 599 g/mol. The molecule has 0 N–H and O–H groups in total. The minimum atomic E-state index is 0.836. The van der Waals surface area contributed by atoms with Gasteiger partial charge >= 0.3 is 0 Å². The molecule has 0 spiro atoms. The van der Waals surface area contributed by atoms with Crippen molar-refractivity contribution in [3.05, 3.63) is 176 Å². The average molecular weight is 628 g/mol. The Kier molecular flexibility index (Phi) is 6.18. The first kappa shape index (κ1) is 27.5. The average Bonchev–Trinajstić information content (AvgIpc) is 3.75. The van der Waals surface area contributed by atoms with Crippen molar-refractivity contribution in [1.82, 2.24) is 0 Å². The predicted molar refractivity (Wildman–Crippen MR) is 204 cm³/mol. The third-order valence-electron chi connectivity index (χ3n) is 9.69. The van der Waals surface area contributed by atoms with Crippen LogP contribution in [0.25, 0.3) is 76.9 Å². The normalized spacial score (nSPS) is 11.7. The molecule has 0 saturated carbocycles. The Balaban J connectivity index is 1.17. The molecule has 0 saturated heterocycles. The fourth-order valence-corrected chi connectivity index (χ4v) is 7.43. The number of anilines is 3. The number of furan rings is 2. The van der Waals surface area contributed by atoms with Gasteiger partial charge in [0.05, 0.1) is 11.4 Å². The summed E-state index contributed by atoms with van der Waals surface area (Å²) in [6, 6.07) is 61.9. The van der Waals surface area contributed by atoms with Crippen molar-refractivity contribution in [1.29, 1.82) is 0 Å². The van der Waals surface area contributed by atoms with Gasteiger partial charge in [-0.15, -0.1) is 0 Å². The zero-order valence-corrected chi connectivity index (χ0v) is 26.5. The van der Waals surface area contributed by atoms with Crippen LogP contribution in [0.3, 0.4) is 0 Å². The second-order valence-electron chi connectivity index (χ2n) is 12.5. The summed E-state index contributed by atoms with van der Waals surface area (Å²) in [4.78, 5) is 2.27. The van der Waals surface area contributed by atoms with Crippen molar-refractivity contribution < 1.29 is 8.83 Å². The van der Waals surface area contributed by atoms with Crippen molar-refractivity contribution in [2.75, 3.05) is 4.90 Å². The minimum absolute atomic E-state index is 0.836. The molecule has 0 radical (unpaired) electrons. The third-order valence-corrected chi connectivity index (χ3v) is 9.69. The molecule has 3 nitrogen and oxygen atoms in total. The predicted octanol–water partition coefficient (Wildman–Crippen LogP) is 13.4. The van der Waals surface area contributed by atoms with Crippen LogP contribution in [-0.2, 0) is 0 Å². The Hall–Kier alpha value is -6.58. The van der Waals surface area contributed by atoms with E-state index in [-0.39, 0.29) is 0 Å². The van der Waals surface area contributed by atoms with Crippen LogP contribution in [-0.4, -0.2) is 0 Å². The minimum Gasteiger partial charge on any atom is -0.454 e. The maximum atomic E-state index is 6.60. The number of para-hydroxylation sites is 4. The monoisotopic (exact) mass is 627 g/mol. The number of hydrogen-bond acceptors (Lipinski definition) is 3. The van der Waals surface area contributed by atoms with E-state index in [2.05, 4.69) is 157 Å². The number of fused-ring (bicyclic) bond motifs is 7. The summed E-state index contributed by atoms with van der Waals surface area (Å²) in [6.07, 6.45) is 0. The van der Waals surface area contributed by atoms with Gasteiger partial charge in [0.15, 0.2) is 11.2 Å². The van der Waals surface area contributed by atoms with E-state index in [0.29, 0.717) is 0 Å². The fraction of sp³-hybridized carbons (Fsp3) is 0. The van der Waals surface area contributed by atoms with Gasteiger partial charge in [0.25, 0.3) is 0 Å². The second-order valence-corrected chi connectivity index (χ2v) is 12.5. The highest BCUT2D eigenvalue weighted by atomic mass is 16.3. The summed E-state index contributed by atoms with van der Waals surface area (Å²) in [5.74, 6) is 0. The molecule has 0 unspecified atom stereocenters. The highest BCUT2D eigenvalue weighted by Crippen LogP contribution is 2.46. The Morgan fingerprint density at radius 3 is 1.27 bits per heavy atom. The lowest BCUT2D eigenvalue weighted by molar-refractivity contribution is 0.666. The van der Waals surface area contributed by atoms with Gasteiger partial charge < -0.3 is 13.7 Å². The molecule has 230 valence electrons. The number of hydrogen-bond donors (Lipinski definition) is 0. The van der Waals surface area contributed by atoms with E-state index in [4.69, 9.17) is 8.83 Å². The Morgan fingerprint density at radius 1 is 0.306 bits per heavy atom. The first-order chi connectivity index (χ1) is 24.3. The van der Waals surface area contributed by atoms with Gasteiger partial charge in [0.2, 0.25) is 0 Å². The summed E-state index contributed by atoms with van der Waals surface area (Å²) in [6.45, 7) is 0. The first-order valence-electron chi connectivity index (χ1n) is 16.6. The number of rotatable bonds is 5. The molecule has 2 aromatic heterocycles. The lowest BCUT2D eigenvalue weighted by Gasteiger charge is -2.26. The van der Waals surface area contributed by atoms with Crippen LogP contribution in [0.2, 0.25) is 0 Å². The van der Waals surface area contributed by atoms with Crippen molar-refractivity contribution in [3.63, 3.8) is 0 Å². The summed E-state index contributed by atoms with van der Waals surface area (Å²) in [5.41, 5.74) is 11.1. The molecule has 2 heterocycles. The van der Waals surface area contributed by atoms with Gasteiger partial charge in [-0.05, 0) is 69.4 Å². The maximum Gasteiger partial charge on any atom is 0.159 e. The largest absolute Gasteiger partial charge is 0.454 e. The van der Waals surface area contributed by atoms with Crippen molar-refractivity contribution in [2.45, 2.75) is 0 Å². The molecule has 0 fully saturated rings. The zero-order chi connectivity index (χ0) is 32.3. The van der Waals surface area contributed by atoms with Crippen LogP contribution in [0, 0.1) is 0 Å². The van der Waals surface area contributed by atoms with Crippen LogP contribution in [0.1, 0.15) is 0 Å². The maximum absolute atomic E-state index is 6.60. The second kappa shape index (κ2) is 11.0. The highest BCUT2D eigenvalue weighted by molar-refractivity contribution is 6.14. The van der Waals surface area contributed by atoms with Gasteiger partial charge in [-0.25, -0.2) is 0 Å². The molecule has 10 aromatic rings.